The van der Waals surface area contributed by atoms with Gasteiger partial charge in [0.05, 0.1) is 22.5 Å². The van der Waals surface area contributed by atoms with Gasteiger partial charge in [0.1, 0.15) is 0 Å². The summed E-state index contributed by atoms with van der Waals surface area (Å²) in [6, 6.07) is 16.5. The molecule has 2 unspecified atom stereocenters. The molecular formula is C48H74N2O2. The number of benzene rings is 2. The molecule has 0 aromatic heterocycles. The zero-order valence-electron chi connectivity index (χ0n) is 33.9. The second-order valence-electron chi connectivity index (χ2n) is 16.2. The second kappa shape index (κ2) is 23.7. The van der Waals surface area contributed by atoms with E-state index in [4.69, 9.17) is 0 Å². The van der Waals surface area contributed by atoms with Crippen LogP contribution in [0.25, 0.3) is 11.1 Å². The van der Waals surface area contributed by atoms with Gasteiger partial charge < -0.3 is 9.80 Å². The van der Waals surface area contributed by atoms with Gasteiger partial charge in [0.25, 0.3) is 11.8 Å². The molecule has 0 bridgehead atoms. The molecule has 2 heterocycles. The lowest BCUT2D eigenvalue weighted by molar-refractivity contribution is -0.114. The fourth-order valence-corrected chi connectivity index (χ4v) is 8.72. The Balaban J connectivity index is 1.58. The van der Waals surface area contributed by atoms with E-state index in [0.29, 0.717) is 23.0 Å². The summed E-state index contributed by atoms with van der Waals surface area (Å²) in [4.78, 5) is 33.6. The number of amides is 2. The number of hydrogen-bond donors (Lipinski definition) is 0. The third-order valence-corrected chi connectivity index (χ3v) is 11.8. The molecule has 0 aliphatic carbocycles. The summed E-state index contributed by atoms with van der Waals surface area (Å²) in [5.74, 6) is 0.989. The van der Waals surface area contributed by atoms with Crippen LogP contribution in [0.4, 0.5) is 11.4 Å². The standard InChI is InChI=1S/C48H74N2O2/c1-5-9-13-17-19-23-31-39(29-21-15-11-7-3)37-49-43-35-27-25-33-41(43)45(47(49)51)46-42-34-26-28-36-44(42)50(48(46)52)38-40(30-22-16-12-8-4)32-24-20-18-14-10-6-2/h25-28,33-36,39-40H,5-24,29-32,37-38H2,1-4H3/b46-45-. The molecule has 0 fully saturated rings. The average Bonchev–Trinajstić information content (AvgIpc) is 3.58. The van der Waals surface area contributed by atoms with Gasteiger partial charge in [-0.3, -0.25) is 9.59 Å². The third-order valence-electron chi connectivity index (χ3n) is 11.8. The van der Waals surface area contributed by atoms with E-state index in [-0.39, 0.29) is 11.8 Å². The van der Waals surface area contributed by atoms with E-state index in [0.717, 1.165) is 35.6 Å². The molecular weight excluding hydrogens is 637 g/mol. The molecule has 0 spiro atoms. The largest absolute Gasteiger partial charge is 0.307 e. The highest BCUT2D eigenvalue weighted by Gasteiger charge is 2.42. The topological polar surface area (TPSA) is 40.6 Å². The maximum Gasteiger partial charge on any atom is 0.259 e. The summed E-state index contributed by atoms with van der Waals surface area (Å²) < 4.78 is 0. The lowest BCUT2D eigenvalue weighted by Crippen LogP contribution is -2.34. The van der Waals surface area contributed by atoms with Crippen molar-refractivity contribution in [3.05, 3.63) is 59.7 Å². The number of unbranched alkanes of at least 4 members (excludes halogenated alkanes) is 16. The predicted octanol–water partition coefficient (Wildman–Crippen LogP) is 14.0. The van der Waals surface area contributed by atoms with Crippen molar-refractivity contribution < 1.29 is 9.59 Å². The van der Waals surface area contributed by atoms with E-state index in [1.807, 2.05) is 21.9 Å². The van der Waals surface area contributed by atoms with Gasteiger partial charge in [0.2, 0.25) is 0 Å². The van der Waals surface area contributed by atoms with Crippen molar-refractivity contribution in [2.75, 3.05) is 22.9 Å². The fraction of sp³-hybridized carbons (Fsp3) is 0.667. The van der Waals surface area contributed by atoms with Gasteiger partial charge >= 0.3 is 0 Å². The van der Waals surface area contributed by atoms with Crippen molar-refractivity contribution in [1.29, 1.82) is 0 Å². The second-order valence-corrected chi connectivity index (χ2v) is 16.2. The predicted molar refractivity (Wildman–Crippen MR) is 225 cm³/mol. The Hall–Kier alpha value is -2.88. The van der Waals surface area contributed by atoms with Gasteiger partial charge in [0.15, 0.2) is 0 Å². The maximum absolute atomic E-state index is 14.7. The lowest BCUT2D eigenvalue weighted by Gasteiger charge is -2.25. The van der Waals surface area contributed by atoms with E-state index in [2.05, 4.69) is 64.1 Å². The zero-order valence-corrected chi connectivity index (χ0v) is 33.9. The van der Waals surface area contributed by atoms with E-state index in [1.165, 1.54) is 154 Å². The van der Waals surface area contributed by atoms with Gasteiger partial charge in [-0.15, -0.1) is 0 Å². The van der Waals surface area contributed by atoms with Crippen LogP contribution in [-0.4, -0.2) is 24.9 Å². The summed E-state index contributed by atoms with van der Waals surface area (Å²) in [6.07, 6.45) is 30.2. The van der Waals surface area contributed by atoms with E-state index < -0.39 is 0 Å². The first-order valence-corrected chi connectivity index (χ1v) is 22.1. The highest BCUT2D eigenvalue weighted by Crippen LogP contribution is 2.47. The van der Waals surface area contributed by atoms with Gasteiger partial charge in [-0.1, -0.05) is 193 Å². The maximum atomic E-state index is 14.7. The monoisotopic (exact) mass is 711 g/mol. The number of para-hydroxylation sites is 2. The van der Waals surface area contributed by atoms with Crippen LogP contribution in [0.15, 0.2) is 48.5 Å². The number of carbonyl (C=O) groups excluding carboxylic acids is 2. The van der Waals surface area contributed by atoms with Crippen molar-refractivity contribution in [1.82, 2.24) is 0 Å². The van der Waals surface area contributed by atoms with Gasteiger partial charge in [-0.05, 0) is 49.7 Å². The van der Waals surface area contributed by atoms with E-state index in [9.17, 15) is 9.59 Å². The number of carbonyl (C=O) groups is 2. The highest BCUT2D eigenvalue weighted by atomic mass is 16.2. The molecule has 288 valence electrons. The molecule has 2 amide bonds. The minimum atomic E-state index is 0.0194. The number of fused-ring (bicyclic) bond motifs is 2. The SMILES string of the molecule is CCCCCCCCC(CCCCCC)CN1C(=O)/C(=C2\C(=O)N(CC(CCCCCC)CCCCCCCC)c3ccccc32)c2ccccc21. The molecule has 4 nitrogen and oxygen atoms in total. The number of rotatable bonds is 28. The smallest absolute Gasteiger partial charge is 0.259 e. The molecule has 2 aromatic carbocycles. The summed E-state index contributed by atoms with van der Waals surface area (Å²) in [6.45, 7) is 10.6. The first-order chi connectivity index (χ1) is 25.5. The molecule has 0 radical (unpaired) electrons. The normalized spacial score (nSPS) is 16.5. The summed E-state index contributed by atoms with van der Waals surface area (Å²) in [5.41, 5.74) is 5.07. The van der Waals surface area contributed by atoms with E-state index >= 15 is 0 Å². The molecule has 2 atom stereocenters. The van der Waals surface area contributed by atoms with Crippen LogP contribution in [0.2, 0.25) is 0 Å². The highest BCUT2D eigenvalue weighted by molar-refractivity contribution is 6.49. The molecule has 0 saturated carbocycles. The lowest BCUT2D eigenvalue weighted by atomic mass is 9.93. The molecule has 2 aliphatic rings. The number of anilines is 2. The molecule has 4 rings (SSSR count). The summed E-state index contributed by atoms with van der Waals surface area (Å²) in [7, 11) is 0. The molecule has 0 saturated heterocycles. The van der Waals surface area contributed by atoms with Crippen molar-refractivity contribution >= 4 is 34.3 Å². The van der Waals surface area contributed by atoms with Crippen molar-refractivity contribution in [3.63, 3.8) is 0 Å². The minimum absolute atomic E-state index is 0.0194. The Morgan fingerprint density at radius 3 is 1.04 bits per heavy atom. The molecule has 52 heavy (non-hydrogen) atoms. The van der Waals surface area contributed by atoms with Gasteiger partial charge in [-0.25, -0.2) is 0 Å². The Morgan fingerprint density at radius 2 is 0.692 bits per heavy atom. The Morgan fingerprint density at radius 1 is 0.404 bits per heavy atom. The van der Waals surface area contributed by atoms with Crippen molar-refractivity contribution in [2.24, 2.45) is 11.8 Å². The van der Waals surface area contributed by atoms with Crippen molar-refractivity contribution in [3.8, 4) is 0 Å². The summed E-state index contributed by atoms with van der Waals surface area (Å²) in [5, 5.41) is 0. The third kappa shape index (κ3) is 12.1. The average molecular weight is 711 g/mol. The van der Waals surface area contributed by atoms with Gasteiger partial charge in [-0.2, -0.15) is 0 Å². The number of hydrogen-bond acceptors (Lipinski definition) is 2. The van der Waals surface area contributed by atoms with Crippen molar-refractivity contribution in [2.45, 2.75) is 182 Å². The molecule has 4 heteroatoms. The van der Waals surface area contributed by atoms with Crippen LogP contribution in [0.3, 0.4) is 0 Å². The first kappa shape index (κ1) is 41.9. The quantitative estimate of drug-likeness (QED) is 0.0651. The Kier molecular flexibility index (Phi) is 19.1. The summed E-state index contributed by atoms with van der Waals surface area (Å²) >= 11 is 0. The molecule has 0 N–H and O–H groups in total. The van der Waals surface area contributed by atoms with Crippen LogP contribution >= 0.6 is 0 Å². The minimum Gasteiger partial charge on any atom is -0.307 e. The Labute approximate surface area is 319 Å². The van der Waals surface area contributed by atoms with Crippen LogP contribution in [-0.2, 0) is 9.59 Å². The van der Waals surface area contributed by atoms with Crippen LogP contribution in [0.1, 0.15) is 193 Å². The van der Waals surface area contributed by atoms with Gasteiger partial charge in [0, 0.05) is 24.2 Å². The Bertz CT molecular complexity index is 1270. The van der Waals surface area contributed by atoms with Crippen LogP contribution in [0.5, 0.6) is 0 Å². The molecule has 2 aliphatic heterocycles. The number of nitrogens with zero attached hydrogens (tertiary/aromatic N) is 2. The molecule has 2 aromatic rings. The first-order valence-electron chi connectivity index (χ1n) is 22.1. The van der Waals surface area contributed by atoms with Crippen LogP contribution < -0.4 is 9.80 Å². The van der Waals surface area contributed by atoms with E-state index in [1.54, 1.807) is 0 Å². The zero-order chi connectivity index (χ0) is 37.0. The fourth-order valence-electron chi connectivity index (χ4n) is 8.72. The van der Waals surface area contributed by atoms with Crippen LogP contribution in [0, 0.1) is 11.8 Å².